The molecular formula is C31H37N3O2. The molecule has 0 atom stereocenters. The Labute approximate surface area is 215 Å². The minimum atomic E-state index is -0.0994. The third-order valence-corrected chi connectivity index (χ3v) is 8.12. The Balaban J connectivity index is 1.35. The number of rotatable bonds is 6. The summed E-state index contributed by atoms with van der Waals surface area (Å²) < 4.78 is 5.22. The van der Waals surface area contributed by atoms with Crippen molar-refractivity contribution in [2.75, 3.05) is 43.5 Å². The van der Waals surface area contributed by atoms with Crippen molar-refractivity contribution >= 4 is 17.3 Å². The standard InChI is InChI=1S/C31H37N3O2/c1-24-15-17-31(18-16-24,34-21-19-33(20-22-34)28-9-4-3-5-10-28)26-7-6-8-27(23-26)32-30(35)25-11-13-29(36-2)14-12-25/h3-14,23-24H,15-22H2,1-2H3,(H,32,35)/t24-,31-. The summed E-state index contributed by atoms with van der Waals surface area (Å²) >= 11 is 0. The quantitative estimate of drug-likeness (QED) is 0.455. The van der Waals surface area contributed by atoms with Gasteiger partial charge in [0.2, 0.25) is 0 Å². The smallest absolute Gasteiger partial charge is 0.255 e. The van der Waals surface area contributed by atoms with Gasteiger partial charge in [-0.15, -0.1) is 0 Å². The molecule has 5 rings (SSSR count). The number of anilines is 2. The third kappa shape index (κ3) is 5.12. The van der Waals surface area contributed by atoms with E-state index in [1.54, 1.807) is 19.2 Å². The predicted molar refractivity (Wildman–Crippen MR) is 147 cm³/mol. The van der Waals surface area contributed by atoms with E-state index in [0.29, 0.717) is 5.56 Å². The Hall–Kier alpha value is -3.31. The van der Waals surface area contributed by atoms with Gasteiger partial charge in [0.1, 0.15) is 5.75 Å². The maximum absolute atomic E-state index is 12.9. The summed E-state index contributed by atoms with van der Waals surface area (Å²) in [5, 5.41) is 3.13. The lowest BCUT2D eigenvalue weighted by Gasteiger charge is -2.51. The number of para-hydroxylation sites is 1. The van der Waals surface area contributed by atoms with E-state index in [2.05, 4.69) is 70.6 Å². The highest BCUT2D eigenvalue weighted by Gasteiger charge is 2.42. The molecule has 5 heteroatoms. The SMILES string of the molecule is COc1ccc(C(=O)Nc2cccc([C@]3(N4CCN(c5ccccc5)CC4)CC[C@H](C)CC3)c2)cc1. The average molecular weight is 484 g/mol. The first-order valence-electron chi connectivity index (χ1n) is 13.2. The number of hydrogen-bond donors (Lipinski definition) is 1. The van der Waals surface area contributed by atoms with Crippen LogP contribution < -0.4 is 15.0 Å². The van der Waals surface area contributed by atoms with E-state index in [9.17, 15) is 4.79 Å². The highest BCUT2D eigenvalue weighted by atomic mass is 16.5. The van der Waals surface area contributed by atoms with Crippen LogP contribution in [0, 0.1) is 5.92 Å². The van der Waals surface area contributed by atoms with E-state index < -0.39 is 0 Å². The molecule has 0 spiro atoms. The van der Waals surface area contributed by atoms with Crippen LogP contribution in [-0.2, 0) is 5.54 Å². The fourth-order valence-electron chi connectivity index (χ4n) is 5.89. The molecule has 3 aromatic rings. The molecule has 1 N–H and O–H groups in total. The molecule has 1 aliphatic carbocycles. The van der Waals surface area contributed by atoms with Crippen LogP contribution in [-0.4, -0.2) is 44.1 Å². The molecule has 0 bridgehead atoms. The lowest BCUT2D eigenvalue weighted by atomic mass is 9.71. The van der Waals surface area contributed by atoms with Crippen molar-refractivity contribution in [1.82, 2.24) is 4.90 Å². The van der Waals surface area contributed by atoms with Crippen LogP contribution >= 0.6 is 0 Å². The summed E-state index contributed by atoms with van der Waals surface area (Å²) in [6, 6.07) is 26.6. The van der Waals surface area contributed by atoms with E-state index in [1.165, 1.54) is 24.1 Å². The lowest BCUT2D eigenvalue weighted by Crippen LogP contribution is -2.56. The van der Waals surface area contributed by atoms with Crippen molar-refractivity contribution in [3.05, 3.63) is 90.0 Å². The van der Waals surface area contributed by atoms with Gasteiger partial charge in [0.05, 0.1) is 7.11 Å². The molecule has 0 aromatic heterocycles. The Morgan fingerprint density at radius 2 is 1.58 bits per heavy atom. The number of ether oxygens (including phenoxy) is 1. The third-order valence-electron chi connectivity index (χ3n) is 8.12. The summed E-state index contributed by atoms with van der Waals surface area (Å²) in [6.07, 6.45) is 4.80. The highest BCUT2D eigenvalue weighted by molar-refractivity contribution is 6.04. The molecule has 2 aliphatic rings. The Morgan fingerprint density at radius 3 is 2.25 bits per heavy atom. The van der Waals surface area contributed by atoms with Gasteiger partial charge in [-0.1, -0.05) is 37.3 Å². The number of hydrogen-bond acceptors (Lipinski definition) is 4. The number of nitrogens with zero attached hydrogens (tertiary/aromatic N) is 2. The first kappa shape index (κ1) is 24.4. The van der Waals surface area contributed by atoms with Gasteiger partial charge < -0.3 is 15.0 Å². The molecule has 5 nitrogen and oxygen atoms in total. The fraction of sp³-hybridized carbons (Fsp3) is 0.387. The predicted octanol–water partition coefficient (Wildman–Crippen LogP) is 6.18. The highest BCUT2D eigenvalue weighted by Crippen LogP contribution is 2.45. The first-order chi connectivity index (χ1) is 17.6. The van der Waals surface area contributed by atoms with Gasteiger partial charge in [0.25, 0.3) is 5.91 Å². The largest absolute Gasteiger partial charge is 0.497 e. The Bertz CT molecular complexity index is 1150. The second-order valence-electron chi connectivity index (χ2n) is 10.3. The number of carbonyl (C=O) groups is 1. The number of nitrogens with one attached hydrogen (secondary N) is 1. The molecular weight excluding hydrogens is 446 g/mol. The molecule has 1 amide bonds. The van der Waals surface area contributed by atoms with Crippen LogP contribution in [0.5, 0.6) is 5.75 Å². The summed E-state index contributed by atoms with van der Waals surface area (Å²) in [5.41, 5.74) is 4.14. The maximum atomic E-state index is 12.9. The molecule has 1 saturated heterocycles. The molecule has 36 heavy (non-hydrogen) atoms. The summed E-state index contributed by atoms with van der Waals surface area (Å²) in [6.45, 7) is 6.55. The summed E-state index contributed by atoms with van der Waals surface area (Å²) in [7, 11) is 1.63. The van der Waals surface area contributed by atoms with Gasteiger partial charge in [-0.3, -0.25) is 9.69 Å². The topological polar surface area (TPSA) is 44.8 Å². The van der Waals surface area contributed by atoms with Gasteiger partial charge in [0.15, 0.2) is 0 Å². The number of carbonyl (C=O) groups excluding carboxylic acids is 1. The van der Waals surface area contributed by atoms with Crippen molar-refractivity contribution in [1.29, 1.82) is 0 Å². The van der Waals surface area contributed by atoms with Crippen molar-refractivity contribution in [3.63, 3.8) is 0 Å². The van der Waals surface area contributed by atoms with Crippen LogP contribution in [0.2, 0.25) is 0 Å². The van der Waals surface area contributed by atoms with E-state index in [0.717, 1.165) is 56.4 Å². The van der Waals surface area contributed by atoms with Gasteiger partial charge in [-0.2, -0.15) is 0 Å². The summed E-state index contributed by atoms with van der Waals surface area (Å²) in [4.78, 5) is 18.2. The molecule has 188 valence electrons. The van der Waals surface area contributed by atoms with Crippen LogP contribution in [0.25, 0.3) is 0 Å². The lowest BCUT2D eigenvalue weighted by molar-refractivity contribution is 0.0299. The zero-order chi connectivity index (χ0) is 25.0. The second kappa shape index (κ2) is 10.8. The van der Waals surface area contributed by atoms with Gasteiger partial charge >= 0.3 is 0 Å². The number of amides is 1. The van der Waals surface area contributed by atoms with Gasteiger partial charge in [-0.05, 0) is 85.7 Å². The summed E-state index contributed by atoms with van der Waals surface area (Å²) in [5.74, 6) is 1.41. The Kier molecular flexibility index (Phi) is 7.28. The van der Waals surface area contributed by atoms with Crippen molar-refractivity contribution in [2.45, 2.75) is 38.1 Å². The van der Waals surface area contributed by atoms with E-state index >= 15 is 0 Å². The van der Waals surface area contributed by atoms with E-state index in [1.807, 2.05) is 18.2 Å². The molecule has 2 fully saturated rings. The monoisotopic (exact) mass is 483 g/mol. The van der Waals surface area contributed by atoms with Crippen LogP contribution in [0.15, 0.2) is 78.9 Å². The van der Waals surface area contributed by atoms with Gasteiger partial charge in [0, 0.05) is 48.7 Å². The van der Waals surface area contributed by atoms with Crippen LogP contribution in [0.1, 0.15) is 48.5 Å². The van der Waals surface area contributed by atoms with E-state index in [4.69, 9.17) is 4.74 Å². The second-order valence-corrected chi connectivity index (χ2v) is 10.3. The molecule has 0 radical (unpaired) electrons. The Morgan fingerprint density at radius 1 is 0.889 bits per heavy atom. The van der Waals surface area contributed by atoms with Crippen LogP contribution in [0.3, 0.4) is 0 Å². The zero-order valence-corrected chi connectivity index (χ0v) is 21.5. The van der Waals surface area contributed by atoms with Gasteiger partial charge in [-0.25, -0.2) is 0 Å². The first-order valence-corrected chi connectivity index (χ1v) is 13.2. The number of methoxy groups -OCH3 is 1. The van der Waals surface area contributed by atoms with Crippen molar-refractivity contribution in [2.24, 2.45) is 5.92 Å². The molecule has 1 aliphatic heterocycles. The molecule has 0 unspecified atom stereocenters. The number of piperazine rings is 1. The van der Waals surface area contributed by atoms with Crippen LogP contribution in [0.4, 0.5) is 11.4 Å². The molecule has 1 saturated carbocycles. The number of benzene rings is 3. The molecule has 1 heterocycles. The molecule has 3 aromatic carbocycles. The van der Waals surface area contributed by atoms with Crippen molar-refractivity contribution in [3.8, 4) is 5.75 Å². The minimum absolute atomic E-state index is 0.0239. The zero-order valence-electron chi connectivity index (χ0n) is 21.5. The fourth-order valence-corrected chi connectivity index (χ4v) is 5.89. The van der Waals surface area contributed by atoms with E-state index in [-0.39, 0.29) is 11.4 Å². The average Bonchev–Trinajstić information content (AvgIpc) is 2.94. The normalized spacial score (nSPS) is 22.7. The maximum Gasteiger partial charge on any atom is 0.255 e. The van der Waals surface area contributed by atoms with Crippen molar-refractivity contribution < 1.29 is 9.53 Å². The minimum Gasteiger partial charge on any atom is -0.497 e.